The zero-order chi connectivity index (χ0) is 13.7. The number of nitrogens with one attached hydrogen (secondary N) is 1. The van der Waals surface area contributed by atoms with Crippen molar-refractivity contribution in [2.24, 2.45) is 0 Å². The zero-order valence-corrected chi connectivity index (χ0v) is 10.5. The average molecular weight is 275 g/mol. The number of anilines is 1. The Labute approximate surface area is 110 Å². The van der Waals surface area contributed by atoms with E-state index in [0.29, 0.717) is 11.1 Å². The molecule has 0 fully saturated rings. The predicted octanol–water partition coefficient (Wildman–Crippen LogP) is 0.685. The van der Waals surface area contributed by atoms with E-state index >= 15 is 0 Å². The highest BCUT2D eigenvalue weighted by molar-refractivity contribution is 7.91. The highest BCUT2D eigenvalue weighted by atomic mass is 32.2. The first kappa shape index (κ1) is 12.9. The van der Waals surface area contributed by atoms with Crippen LogP contribution in [0.3, 0.4) is 0 Å². The molecule has 1 aromatic heterocycles. The molecule has 0 bridgehead atoms. The molecule has 0 aliphatic rings. The Bertz CT molecular complexity index is 709. The topological polar surface area (TPSA) is 109 Å². The summed E-state index contributed by atoms with van der Waals surface area (Å²) in [4.78, 5) is 3.72. The van der Waals surface area contributed by atoms with Crippen LogP contribution in [0.15, 0.2) is 36.7 Å². The fourth-order valence-corrected chi connectivity index (χ4v) is 2.53. The molecule has 0 spiro atoms. The predicted molar refractivity (Wildman–Crippen MR) is 67.2 cm³/mol. The monoisotopic (exact) mass is 275 g/mol. The number of sulfonamides is 1. The molecule has 0 saturated carbocycles. The third kappa shape index (κ3) is 3.46. The normalized spacial score (nSPS) is 10.7. The van der Waals surface area contributed by atoms with E-state index in [0.717, 1.165) is 0 Å². The summed E-state index contributed by atoms with van der Waals surface area (Å²) in [7, 11) is -3.69. The molecule has 8 heteroatoms. The van der Waals surface area contributed by atoms with Gasteiger partial charge in [0.05, 0.1) is 29.8 Å². The number of hydrogen-bond donors (Lipinski definition) is 1. The first-order valence-electron chi connectivity index (χ1n) is 5.23. The minimum Gasteiger partial charge on any atom is -0.250 e. The maximum atomic E-state index is 11.9. The van der Waals surface area contributed by atoms with Crippen LogP contribution >= 0.6 is 0 Å². The quantitative estimate of drug-likeness (QED) is 0.879. The van der Waals surface area contributed by atoms with Gasteiger partial charge in [-0.25, -0.2) is 18.1 Å². The molecule has 0 unspecified atom stereocenters. The summed E-state index contributed by atoms with van der Waals surface area (Å²) in [5, 5.41) is 16.0. The molecule has 0 amide bonds. The van der Waals surface area contributed by atoms with Gasteiger partial charge in [-0.3, -0.25) is 0 Å². The molecular weight excluding hydrogens is 266 g/mol. The Morgan fingerprint density at radius 1 is 1.26 bits per heavy atom. The van der Waals surface area contributed by atoms with Crippen LogP contribution in [0, 0.1) is 11.3 Å². The van der Waals surface area contributed by atoms with Crippen LogP contribution in [0.4, 0.5) is 5.95 Å². The van der Waals surface area contributed by atoms with E-state index in [1.165, 1.54) is 12.4 Å². The van der Waals surface area contributed by atoms with Gasteiger partial charge < -0.3 is 0 Å². The first-order valence-corrected chi connectivity index (χ1v) is 6.88. The number of benzene rings is 1. The van der Waals surface area contributed by atoms with Gasteiger partial charge in [-0.2, -0.15) is 10.4 Å². The molecule has 1 heterocycles. The summed E-state index contributed by atoms with van der Waals surface area (Å²) in [6, 6.07) is 8.44. The van der Waals surface area contributed by atoms with Crippen molar-refractivity contribution >= 4 is 16.0 Å². The fraction of sp³-hybridized carbons (Fsp3) is 0.0909. The van der Waals surface area contributed by atoms with Gasteiger partial charge in [0.15, 0.2) is 0 Å². The highest BCUT2D eigenvalue weighted by Gasteiger charge is 2.15. The standard InChI is InChI=1S/C11H9N5O2S/c12-7-9-3-1-2-4-10(9)8-19(17,18)16-11-13-5-6-14-15-11/h1-6H,8H2,(H,13,15,16). The second-order valence-electron chi connectivity index (χ2n) is 3.60. The highest BCUT2D eigenvalue weighted by Crippen LogP contribution is 2.12. The molecular formula is C11H9N5O2S. The van der Waals surface area contributed by atoms with Crippen molar-refractivity contribution in [1.82, 2.24) is 15.2 Å². The second kappa shape index (κ2) is 5.41. The largest absolute Gasteiger partial charge is 0.256 e. The molecule has 0 aliphatic carbocycles. The summed E-state index contributed by atoms with van der Waals surface area (Å²) in [6.45, 7) is 0. The van der Waals surface area contributed by atoms with Crippen LogP contribution in [0.5, 0.6) is 0 Å². The average Bonchev–Trinajstić information content (AvgIpc) is 2.39. The van der Waals surface area contributed by atoms with E-state index in [9.17, 15) is 8.42 Å². The van der Waals surface area contributed by atoms with E-state index in [1.54, 1.807) is 24.3 Å². The van der Waals surface area contributed by atoms with Gasteiger partial charge in [-0.05, 0) is 11.6 Å². The summed E-state index contributed by atoms with van der Waals surface area (Å²) in [5.41, 5.74) is 0.737. The molecule has 1 N–H and O–H groups in total. The van der Waals surface area contributed by atoms with Gasteiger partial charge >= 0.3 is 0 Å². The SMILES string of the molecule is N#Cc1ccccc1CS(=O)(=O)Nc1nccnn1. The van der Waals surface area contributed by atoms with Crippen molar-refractivity contribution in [1.29, 1.82) is 5.26 Å². The molecule has 0 radical (unpaired) electrons. The lowest BCUT2D eigenvalue weighted by Gasteiger charge is -2.06. The van der Waals surface area contributed by atoms with Crippen LogP contribution in [0.25, 0.3) is 0 Å². The number of nitrogens with zero attached hydrogens (tertiary/aromatic N) is 4. The van der Waals surface area contributed by atoms with E-state index in [-0.39, 0.29) is 11.7 Å². The van der Waals surface area contributed by atoms with Crippen LogP contribution in [-0.2, 0) is 15.8 Å². The van der Waals surface area contributed by atoms with E-state index in [1.807, 2.05) is 6.07 Å². The van der Waals surface area contributed by atoms with Crippen LogP contribution in [-0.4, -0.2) is 23.6 Å². The molecule has 0 aliphatic heterocycles. The van der Waals surface area contributed by atoms with E-state index in [4.69, 9.17) is 5.26 Å². The Morgan fingerprint density at radius 2 is 2.05 bits per heavy atom. The Morgan fingerprint density at radius 3 is 2.74 bits per heavy atom. The molecule has 0 saturated heterocycles. The molecule has 7 nitrogen and oxygen atoms in total. The second-order valence-corrected chi connectivity index (χ2v) is 5.32. The number of nitriles is 1. The van der Waals surface area contributed by atoms with Gasteiger partial charge in [0, 0.05) is 0 Å². The van der Waals surface area contributed by atoms with Gasteiger partial charge in [0.2, 0.25) is 10.0 Å². The summed E-state index contributed by atoms with van der Waals surface area (Å²) < 4.78 is 26.0. The zero-order valence-electron chi connectivity index (χ0n) is 9.68. The molecule has 96 valence electrons. The number of aromatic nitrogens is 3. The van der Waals surface area contributed by atoms with Crippen LogP contribution in [0.2, 0.25) is 0 Å². The summed E-state index contributed by atoms with van der Waals surface area (Å²) >= 11 is 0. The fourth-order valence-electron chi connectivity index (χ4n) is 1.43. The third-order valence-corrected chi connectivity index (χ3v) is 3.40. The Balaban J connectivity index is 2.21. The van der Waals surface area contributed by atoms with Gasteiger partial charge in [-0.15, -0.1) is 5.10 Å². The van der Waals surface area contributed by atoms with Crippen molar-refractivity contribution in [2.75, 3.05) is 4.72 Å². The summed E-state index contributed by atoms with van der Waals surface area (Å²) in [5.74, 6) is -0.424. The van der Waals surface area contributed by atoms with Gasteiger partial charge in [0.1, 0.15) is 0 Å². The van der Waals surface area contributed by atoms with Crippen LogP contribution < -0.4 is 4.72 Å². The van der Waals surface area contributed by atoms with Crippen molar-refractivity contribution in [3.63, 3.8) is 0 Å². The minimum absolute atomic E-state index is 0.100. The van der Waals surface area contributed by atoms with Crippen molar-refractivity contribution in [2.45, 2.75) is 5.75 Å². The Hall–Kier alpha value is -2.53. The lowest BCUT2D eigenvalue weighted by Crippen LogP contribution is -2.17. The minimum atomic E-state index is -3.69. The molecule has 0 atom stereocenters. The van der Waals surface area contributed by atoms with Gasteiger partial charge in [0.25, 0.3) is 5.95 Å². The van der Waals surface area contributed by atoms with Crippen LogP contribution in [0.1, 0.15) is 11.1 Å². The first-order chi connectivity index (χ1) is 9.11. The van der Waals surface area contributed by atoms with Crippen molar-refractivity contribution in [3.8, 4) is 6.07 Å². The van der Waals surface area contributed by atoms with Crippen molar-refractivity contribution in [3.05, 3.63) is 47.8 Å². The van der Waals surface area contributed by atoms with E-state index < -0.39 is 10.0 Å². The maximum Gasteiger partial charge on any atom is 0.256 e. The molecule has 2 aromatic rings. The number of hydrogen-bond acceptors (Lipinski definition) is 6. The molecule has 19 heavy (non-hydrogen) atoms. The summed E-state index contributed by atoms with van der Waals surface area (Å²) in [6.07, 6.45) is 2.66. The smallest absolute Gasteiger partial charge is 0.250 e. The lowest BCUT2D eigenvalue weighted by atomic mass is 10.1. The maximum absolute atomic E-state index is 11.9. The van der Waals surface area contributed by atoms with Crippen molar-refractivity contribution < 1.29 is 8.42 Å². The number of rotatable bonds is 4. The lowest BCUT2D eigenvalue weighted by molar-refractivity contribution is 0.600. The Kier molecular flexibility index (Phi) is 3.68. The van der Waals surface area contributed by atoms with Gasteiger partial charge in [-0.1, -0.05) is 18.2 Å². The van der Waals surface area contributed by atoms with E-state index in [2.05, 4.69) is 19.9 Å². The molecule has 2 rings (SSSR count). The third-order valence-electron chi connectivity index (χ3n) is 2.21. The molecule has 1 aromatic carbocycles.